The first-order valence-electron chi connectivity index (χ1n) is 4.10. The van der Waals surface area contributed by atoms with Crippen molar-refractivity contribution in [3.05, 3.63) is 27.8 Å². The molecule has 1 rings (SSSR count). The number of rotatable bonds is 3. The van der Waals surface area contributed by atoms with Crippen LogP contribution < -0.4 is 5.32 Å². The molecule has 1 N–H and O–H groups in total. The van der Waals surface area contributed by atoms with Crippen molar-refractivity contribution < 1.29 is 13.2 Å². The fourth-order valence-corrected chi connectivity index (χ4v) is 2.09. The first-order valence-corrected chi connectivity index (χ1v) is 7.24. The van der Waals surface area contributed by atoms with Gasteiger partial charge in [-0.15, -0.1) is 0 Å². The van der Waals surface area contributed by atoms with Crippen molar-refractivity contribution in [3.63, 3.8) is 0 Å². The zero-order valence-corrected chi connectivity index (χ0v) is 11.0. The van der Waals surface area contributed by atoms with Gasteiger partial charge in [-0.25, -0.2) is 8.42 Å². The highest BCUT2D eigenvalue weighted by atomic mass is 127. The molecule has 0 fully saturated rings. The van der Waals surface area contributed by atoms with Crippen LogP contribution in [0.2, 0.25) is 0 Å². The maximum Gasteiger partial charge on any atom is 0.239 e. The Kier molecular flexibility index (Phi) is 4.09. The zero-order chi connectivity index (χ0) is 11.5. The quantitative estimate of drug-likeness (QED) is 0.844. The van der Waals surface area contributed by atoms with Gasteiger partial charge >= 0.3 is 0 Å². The van der Waals surface area contributed by atoms with Crippen molar-refractivity contribution in [2.75, 3.05) is 17.3 Å². The molecule has 0 aliphatic rings. The molecule has 0 aliphatic carbocycles. The Morgan fingerprint density at radius 3 is 2.67 bits per heavy atom. The van der Waals surface area contributed by atoms with E-state index in [1.807, 2.05) is 6.07 Å². The second-order valence-corrected chi connectivity index (χ2v) is 6.51. The van der Waals surface area contributed by atoms with E-state index in [0.29, 0.717) is 5.69 Å². The smallest absolute Gasteiger partial charge is 0.239 e. The van der Waals surface area contributed by atoms with Gasteiger partial charge in [0, 0.05) is 15.5 Å². The third-order valence-electron chi connectivity index (χ3n) is 1.50. The minimum atomic E-state index is -3.27. The van der Waals surface area contributed by atoms with Crippen molar-refractivity contribution in [2.45, 2.75) is 0 Å². The molecule has 0 unspecified atom stereocenters. The molecule has 0 saturated carbocycles. The van der Waals surface area contributed by atoms with E-state index >= 15 is 0 Å². The van der Waals surface area contributed by atoms with Gasteiger partial charge in [-0.2, -0.15) is 0 Å². The van der Waals surface area contributed by atoms with Crippen LogP contribution in [0.4, 0.5) is 5.69 Å². The summed E-state index contributed by atoms with van der Waals surface area (Å²) in [5.74, 6) is -1.00. The molecule has 15 heavy (non-hydrogen) atoms. The lowest BCUT2D eigenvalue weighted by Crippen LogP contribution is -2.21. The number of halogens is 1. The predicted molar refractivity (Wildman–Crippen MR) is 67.5 cm³/mol. The summed E-state index contributed by atoms with van der Waals surface area (Å²) in [6.45, 7) is 0. The van der Waals surface area contributed by atoms with Crippen molar-refractivity contribution in [3.8, 4) is 0 Å². The van der Waals surface area contributed by atoms with Crippen molar-refractivity contribution >= 4 is 44.0 Å². The van der Waals surface area contributed by atoms with Gasteiger partial charge in [0.25, 0.3) is 0 Å². The minimum Gasteiger partial charge on any atom is -0.325 e. The average Bonchev–Trinajstić information content (AvgIpc) is 1.99. The molecule has 0 aromatic heterocycles. The highest BCUT2D eigenvalue weighted by Gasteiger charge is 2.10. The Morgan fingerprint density at radius 2 is 2.13 bits per heavy atom. The molecule has 0 aliphatic heterocycles. The lowest BCUT2D eigenvalue weighted by Gasteiger charge is -2.04. The molecule has 0 spiro atoms. The van der Waals surface area contributed by atoms with E-state index in [2.05, 4.69) is 27.9 Å². The van der Waals surface area contributed by atoms with Crippen LogP contribution in [0, 0.1) is 3.57 Å². The van der Waals surface area contributed by atoms with Crippen LogP contribution in [0.15, 0.2) is 24.3 Å². The zero-order valence-electron chi connectivity index (χ0n) is 8.03. The third-order valence-corrected chi connectivity index (χ3v) is 2.96. The van der Waals surface area contributed by atoms with E-state index in [0.717, 1.165) is 9.83 Å². The highest BCUT2D eigenvalue weighted by Crippen LogP contribution is 2.12. The van der Waals surface area contributed by atoms with E-state index in [4.69, 9.17) is 0 Å². The van der Waals surface area contributed by atoms with Crippen LogP contribution in [0.1, 0.15) is 0 Å². The van der Waals surface area contributed by atoms with Gasteiger partial charge in [0.15, 0.2) is 9.84 Å². The topological polar surface area (TPSA) is 63.2 Å². The fraction of sp³-hybridized carbons (Fsp3) is 0.222. The van der Waals surface area contributed by atoms with Crippen molar-refractivity contribution in [1.82, 2.24) is 0 Å². The summed E-state index contributed by atoms with van der Waals surface area (Å²) in [7, 11) is -3.27. The normalized spacial score (nSPS) is 11.1. The summed E-state index contributed by atoms with van der Waals surface area (Å²) in [4.78, 5) is 11.2. The summed E-state index contributed by atoms with van der Waals surface area (Å²) >= 11 is 2.11. The second-order valence-electron chi connectivity index (χ2n) is 3.13. The molecule has 4 nitrogen and oxygen atoms in total. The second kappa shape index (κ2) is 4.93. The molecular formula is C9H10INO3S. The monoisotopic (exact) mass is 339 g/mol. The Balaban J connectivity index is 2.67. The van der Waals surface area contributed by atoms with Crippen LogP contribution in [-0.2, 0) is 14.6 Å². The van der Waals surface area contributed by atoms with E-state index in [1.165, 1.54) is 0 Å². The van der Waals surface area contributed by atoms with E-state index in [9.17, 15) is 13.2 Å². The Bertz CT molecular complexity index is 470. The number of carbonyl (C=O) groups excluding carboxylic acids is 1. The molecule has 1 amide bonds. The Labute approximate surface area is 102 Å². The Morgan fingerprint density at radius 1 is 1.47 bits per heavy atom. The summed E-state index contributed by atoms with van der Waals surface area (Å²) in [5, 5.41) is 2.52. The lowest BCUT2D eigenvalue weighted by atomic mass is 10.3. The van der Waals surface area contributed by atoms with Crippen LogP contribution in [-0.4, -0.2) is 26.3 Å². The summed E-state index contributed by atoms with van der Waals surface area (Å²) in [5.41, 5.74) is 0.607. The molecule has 0 saturated heterocycles. The lowest BCUT2D eigenvalue weighted by molar-refractivity contribution is -0.113. The third kappa shape index (κ3) is 5.12. The standard InChI is InChI=1S/C9H10INO3S/c1-15(13,14)6-9(12)11-8-4-2-3-7(10)5-8/h2-5H,6H2,1H3,(H,11,12). The highest BCUT2D eigenvalue weighted by molar-refractivity contribution is 14.1. The number of anilines is 1. The number of carbonyl (C=O) groups is 1. The van der Waals surface area contributed by atoms with Crippen molar-refractivity contribution in [1.29, 1.82) is 0 Å². The first-order chi connectivity index (χ1) is 6.87. The van der Waals surface area contributed by atoms with Crippen LogP contribution in [0.25, 0.3) is 0 Å². The average molecular weight is 339 g/mol. The molecule has 0 radical (unpaired) electrons. The maximum absolute atomic E-state index is 11.2. The predicted octanol–water partition coefficient (Wildman–Crippen LogP) is 1.27. The van der Waals surface area contributed by atoms with E-state index < -0.39 is 21.5 Å². The molecule has 0 heterocycles. The van der Waals surface area contributed by atoms with Crippen LogP contribution >= 0.6 is 22.6 Å². The number of sulfone groups is 1. The maximum atomic E-state index is 11.2. The van der Waals surface area contributed by atoms with Gasteiger partial charge in [-0.3, -0.25) is 4.79 Å². The molecule has 0 bridgehead atoms. The van der Waals surface area contributed by atoms with E-state index in [-0.39, 0.29) is 0 Å². The van der Waals surface area contributed by atoms with Gasteiger partial charge in [-0.05, 0) is 40.8 Å². The van der Waals surface area contributed by atoms with Gasteiger partial charge < -0.3 is 5.32 Å². The molecule has 0 atom stereocenters. The van der Waals surface area contributed by atoms with Gasteiger partial charge in [0.1, 0.15) is 5.75 Å². The molecule has 1 aromatic rings. The van der Waals surface area contributed by atoms with Crippen LogP contribution in [0.5, 0.6) is 0 Å². The van der Waals surface area contributed by atoms with Crippen molar-refractivity contribution in [2.24, 2.45) is 0 Å². The molecule has 6 heteroatoms. The number of hydrogen-bond acceptors (Lipinski definition) is 3. The molecule has 82 valence electrons. The SMILES string of the molecule is CS(=O)(=O)CC(=O)Nc1cccc(I)c1. The number of amides is 1. The summed E-state index contributed by atoms with van der Waals surface area (Å²) in [6, 6.07) is 7.15. The first kappa shape index (κ1) is 12.4. The number of benzene rings is 1. The number of hydrogen-bond donors (Lipinski definition) is 1. The largest absolute Gasteiger partial charge is 0.325 e. The molecular weight excluding hydrogens is 329 g/mol. The molecule has 1 aromatic carbocycles. The Hall–Kier alpha value is -0.630. The minimum absolute atomic E-state index is 0.488. The van der Waals surface area contributed by atoms with Gasteiger partial charge in [0.05, 0.1) is 0 Å². The fourth-order valence-electron chi connectivity index (χ4n) is 1.00. The number of nitrogens with one attached hydrogen (secondary N) is 1. The van der Waals surface area contributed by atoms with Gasteiger partial charge in [-0.1, -0.05) is 6.07 Å². The van der Waals surface area contributed by atoms with Gasteiger partial charge in [0.2, 0.25) is 5.91 Å². The summed E-state index contributed by atoms with van der Waals surface area (Å²) in [6.07, 6.45) is 1.03. The summed E-state index contributed by atoms with van der Waals surface area (Å²) < 4.78 is 22.6. The van der Waals surface area contributed by atoms with Crippen LogP contribution in [0.3, 0.4) is 0 Å². The van der Waals surface area contributed by atoms with E-state index in [1.54, 1.807) is 18.2 Å².